The van der Waals surface area contributed by atoms with Gasteiger partial charge in [-0.1, -0.05) is 30.3 Å². The molecule has 0 aromatic heterocycles. The summed E-state index contributed by atoms with van der Waals surface area (Å²) in [7, 11) is 0. The summed E-state index contributed by atoms with van der Waals surface area (Å²) < 4.78 is 0. The van der Waals surface area contributed by atoms with Crippen LogP contribution in [-0.2, 0) is 4.79 Å². The highest BCUT2D eigenvalue weighted by Crippen LogP contribution is 2.33. The Morgan fingerprint density at radius 3 is 2.41 bits per heavy atom. The number of aliphatic hydroxyl groups is 1. The van der Waals surface area contributed by atoms with Crippen LogP contribution in [0.3, 0.4) is 0 Å². The van der Waals surface area contributed by atoms with Crippen LogP contribution >= 0.6 is 11.8 Å². The molecule has 0 radical (unpaired) electrons. The number of nitrogens with one attached hydrogen (secondary N) is 1. The third-order valence-electron chi connectivity index (χ3n) is 2.36. The minimum absolute atomic E-state index is 0.274. The van der Waals surface area contributed by atoms with E-state index in [0.717, 1.165) is 17.3 Å². The number of thioether (sulfide) groups is 1. The molecule has 88 valence electrons. The van der Waals surface area contributed by atoms with Crippen LogP contribution < -0.4 is 5.32 Å². The zero-order valence-electron chi connectivity index (χ0n) is 9.14. The van der Waals surface area contributed by atoms with Gasteiger partial charge in [0.15, 0.2) is 0 Å². The Hall–Kier alpha value is -1.59. The van der Waals surface area contributed by atoms with Gasteiger partial charge in [0, 0.05) is 5.57 Å². The summed E-state index contributed by atoms with van der Waals surface area (Å²) >= 11 is 0.825. The molecular weight excluding hydrogens is 238 g/mol. The van der Waals surface area contributed by atoms with Gasteiger partial charge in [-0.25, -0.2) is 0 Å². The summed E-state index contributed by atoms with van der Waals surface area (Å²) in [5.74, 6) is -0.445. The van der Waals surface area contributed by atoms with E-state index in [2.05, 4.69) is 5.32 Å². The molecule has 1 aliphatic rings. The smallest absolute Gasteiger partial charge is 0.290 e. The molecule has 1 aromatic rings. The van der Waals surface area contributed by atoms with Crippen molar-refractivity contribution in [2.45, 2.75) is 13.0 Å². The molecule has 2 amide bonds. The molecule has 1 unspecified atom stereocenters. The van der Waals surface area contributed by atoms with E-state index >= 15 is 0 Å². The first kappa shape index (κ1) is 11.9. The molecule has 1 fully saturated rings. The highest BCUT2D eigenvalue weighted by atomic mass is 32.2. The van der Waals surface area contributed by atoms with Crippen molar-refractivity contribution < 1.29 is 14.7 Å². The fourth-order valence-corrected chi connectivity index (χ4v) is 2.54. The van der Waals surface area contributed by atoms with Crippen LogP contribution in [0.25, 0.3) is 5.57 Å². The summed E-state index contributed by atoms with van der Waals surface area (Å²) in [4.78, 5) is 23.0. The van der Waals surface area contributed by atoms with Gasteiger partial charge in [-0.2, -0.15) is 0 Å². The Bertz CT molecular complexity index is 494. The van der Waals surface area contributed by atoms with Gasteiger partial charge in [-0.15, -0.1) is 0 Å². The van der Waals surface area contributed by atoms with E-state index in [9.17, 15) is 14.7 Å². The maximum Gasteiger partial charge on any atom is 0.290 e. The molecule has 1 aromatic carbocycles. The number of carbonyl (C=O) groups excluding carboxylic acids is 2. The number of hydrogen-bond acceptors (Lipinski definition) is 4. The van der Waals surface area contributed by atoms with E-state index in [1.54, 1.807) is 19.1 Å². The predicted octanol–water partition coefficient (Wildman–Crippen LogP) is 1.76. The third-order valence-corrected chi connectivity index (χ3v) is 3.26. The van der Waals surface area contributed by atoms with Gasteiger partial charge >= 0.3 is 0 Å². The normalized spacial score (nSPS) is 20.1. The van der Waals surface area contributed by atoms with Crippen molar-refractivity contribution in [3.63, 3.8) is 0 Å². The van der Waals surface area contributed by atoms with Crippen LogP contribution in [0.2, 0.25) is 0 Å². The van der Waals surface area contributed by atoms with Gasteiger partial charge < -0.3 is 5.11 Å². The SMILES string of the molecule is CC(O)/C(=C1\SC(=O)NC1=O)c1ccccc1. The molecule has 5 heteroatoms. The molecule has 2 N–H and O–H groups in total. The van der Waals surface area contributed by atoms with Gasteiger partial charge in [-0.3, -0.25) is 14.9 Å². The monoisotopic (exact) mass is 249 g/mol. The maximum absolute atomic E-state index is 11.6. The fraction of sp³-hybridized carbons (Fsp3) is 0.167. The van der Waals surface area contributed by atoms with E-state index in [4.69, 9.17) is 0 Å². The number of aliphatic hydroxyl groups excluding tert-OH is 1. The van der Waals surface area contributed by atoms with Gasteiger partial charge in [0.2, 0.25) is 0 Å². The van der Waals surface area contributed by atoms with E-state index in [1.807, 2.05) is 18.2 Å². The Balaban J connectivity index is 2.53. The highest BCUT2D eigenvalue weighted by Gasteiger charge is 2.30. The Kier molecular flexibility index (Phi) is 3.31. The van der Waals surface area contributed by atoms with Crippen molar-refractivity contribution in [3.05, 3.63) is 40.8 Å². The van der Waals surface area contributed by atoms with E-state index < -0.39 is 17.3 Å². The van der Waals surface area contributed by atoms with Crippen LogP contribution in [0.15, 0.2) is 35.2 Å². The predicted molar refractivity (Wildman–Crippen MR) is 66.2 cm³/mol. The average molecular weight is 249 g/mol. The van der Waals surface area contributed by atoms with Crippen LogP contribution in [0.4, 0.5) is 4.79 Å². The molecule has 1 aliphatic heterocycles. The highest BCUT2D eigenvalue weighted by molar-refractivity contribution is 8.18. The third kappa shape index (κ3) is 2.40. The summed E-state index contributed by atoms with van der Waals surface area (Å²) in [6, 6.07) is 9.08. The maximum atomic E-state index is 11.6. The minimum atomic E-state index is -0.809. The van der Waals surface area contributed by atoms with Gasteiger partial charge in [0.1, 0.15) is 0 Å². The van der Waals surface area contributed by atoms with Gasteiger partial charge in [0.05, 0.1) is 11.0 Å². The van der Waals surface area contributed by atoms with Crippen LogP contribution in [0.5, 0.6) is 0 Å². The summed E-state index contributed by atoms with van der Waals surface area (Å²) in [5.41, 5.74) is 1.23. The molecule has 1 heterocycles. The zero-order valence-corrected chi connectivity index (χ0v) is 9.95. The van der Waals surface area contributed by atoms with Crippen molar-refractivity contribution in [2.24, 2.45) is 0 Å². The van der Waals surface area contributed by atoms with Crippen LogP contribution in [0, 0.1) is 0 Å². The number of hydrogen-bond donors (Lipinski definition) is 2. The van der Waals surface area contributed by atoms with E-state index in [0.29, 0.717) is 5.57 Å². The molecule has 0 saturated carbocycles. The summed E-state index contributed by atoms with van der Waals surface area (Å²) in [6.45, 7) is 1.58. The van der Waals surface area contributed by atoms with Crippen molar-refractivity contribution in [1.29, 1.82) is 0 Å². The molecular formula is C12H11NO3S. The number of benzene rings is 1. The molecule has 17 heavy (non-hydrogen) atoms. The lowest BCUT2D eigenvalue weighted by Crippen LogP contribution is -2.19. The lowest BCUT2D eigenvalue weighted by Gasteiger charge is -2.12. The first-order valence-corrected chi connectivity index (χ1v) is 5.92. The van der Waals surface area contributed by atoms with Crippen molar-refractivity contribution >= 4 is 28.5 Å². The lowest BCUT2D eigenvalue weighted by molar-refractivity contribution is -0.115. The Morgan fingerprint density at radius 2 is 1.94 bits per heavy atom. The molecule has 0 bridgehead atoms. The second kappa shape index (κ2) is 4.73. The minimum Gasteiger partial charge on any atom is -0.389 e. The summed E-state index contributed by atoms with van der Waals surface area (Å²) in [6.07, 6.45) is -0.809. The first-order valence-electron chi connectivity index (χ1n) is 5.10. The number of rotatable bonds is 2. The van der Waals surface area contributed by atoms with Gasteiger partial charge in [-0.05, 0) is 24.2 Å². The quantitative estimate of drug-likeness (QED) is 0.784. The number of amides is 2. The molecule has 1 saturated heterocycles. The first-order chi connectivity index (χ1) is 8.09. The molecule has 2 rings (SSSR count). The molecule has 1 atom stereocenters. The van der Waals surface area contributed by atoms with Crippen LogP contribution in [-0.4, -0.2) is 22.4 Å². The second-order valence-electron chi connectivity index (χ2n) is 3.63. The molecule has 4 nitrogen and oxygen atoms in total. The van der Waals surface area contributed by atoms with Crippen molar-refractivity contribution in [2.75, 3.05) is 0 Å². The topological polar surface area (TPSA) is 66.4 Å². The molecule has 0 spiro atoms. The standard InChI is InChI=1S/C12H11NO3S/c1-7(14)9(8-5-3-2-4-6-8)10-11(15)13-12(16)17-10/h2-7,14H,1H3,(H,13,15,16)/b10-9+. The number of carbonyl (C=O) groups is 2. The Labute approximate surface area is 103 Å². The lowest BCUT2D eigenvalue weighted by atomic mass is 10.0. The Morgan fingerprint density at radius 1 is 1.29 bits per heavy atom. The zero-order chi connectivity index (χ0) is 12.4. The molecule has 0 aliphatic carbocycles. The van der Waals surface area contributed by atoms with Crippen molar-refractivity contribution in [3.8, 4) is 0 Å². The largest absolute Gasteiger partial charge is 0.389 e. The van der Waals surface area contributed by atoms with Gasteiger partial charge in [0.25, 0.3) is 11.1 Å². The van der Waals surface area contributed by atoms with E-state index in [1.165, 1.54) is 0 Å². The van der Waals surface area contributed by atoms with Crippen molar-refractivity contribution in [1.82, 2.24) is 5.32 Å². The number of imide groups is 1. The van der Waals surface area contributed by atoms with E-state index in [-0.39, 0.29) is 4.91 Å². The second-order valence-corrected chi connectivity index (χ2v) is 4.61. The summed E-state index contributed by atoms with van der Waals surface area (Å²) in [5, 5.41) is 11.6. The average Bonchev–Trinajstić information content (AvgIpc) is 2.59. The fourth-order valence-electron chi connectivity index (χ4n) is 1.67. The van der Waals surface area contributed by atoms with Crippen LogP contribution in [0.1, 0.15) is 12.5 Å².